The fourth-order valence-corrected chi connectivity index (χ4v) is 16.7. The lowest BCUT2D eigenvalue weighted by Crippen LogP contribution is -2.33. The van der Waals surface area contributed by atoms with E-state index in [1.54, 1.807) is 0 Å². The molecule has 0 saturated heterocycles. The predicted molar refractivity (Wildman–Crippen MR) is 226 cm³/mol. The van der Waals surface area contributed by atoms with Gasteiger partial charge in [-0.2, -0.15) is 0 Å². The molecule has 6 aromatic carbocycles. The molecule has 0 nitrogen and oxygen atoms in total. The van der Waals surface area contributed by atoms with Crippen molar-refractivity contribution in [2.24, 2.45) is 0 Å². The Morgan fingerprint density at radius 3 is 0.540 bits per heavy atom. The molecule has 0 aliphatic heterocycles. The van der Waals surface area contributed by atoms with E-state index in [1.165, 1.54) is 108 Å². The van der Waals surface area contributed by atoms with Crippen molar-refractivity contribution < 1.29 is 0 Å². The van der Waals surface area contributed by atoms with Gasteiger partial charge in [0, 0.05) is 0 Å². The van der Waals surface area contributed by atoms with Crippen LogP contribution in [0.25, 0.3) is 0 Å². The van der Waals surface area contributed by atoms with Crippen molar-refractivity contribution in [2.75, 3.05) is 12.3 Å². The first-order chi connectivity index (χ1) is 24.8. The van der Waals surface area contributed by atoms with Gasteiger partial charge in [0.15, 0.2) is 0 Å². The lowest BCUT2D eigenvalue weighted by Gasteiger charge is -2.27. The smallest absolute Gasteiger partial charge is 0.0620 e. The average Bonchev–Trinajstić information content (AvgIpc) is 3.20. The van der Waals surface area contributed by atoms with Gasteiger partial charge in [0.05, 0.1) is 12.3 Å². The minimum atomic E-state index is -1.70. The lowest BCUT2D eigenvalue weighted by molar-refractivity contribution is 0.563. The zero-order valence-corrected chi connectivity index (χ0v) is 31.5. The summed E-state index contributed by atoms with van der Waals surface area (Å²) in [6.45, 7) is 0. The van der Waals surface area contributed by atoms with Crippen molar-refractivity contribution >= 4 is 46.4 Å². The van der Waals surface area contributed by atoms with Crippen molar-refractivity contribution in [1.29, 1.82) is 0 Å². The molecule has 254 valence electrons. The topological polar surface area (TPSA) is 0 Å². The highest BCUT2D eigenvalue weighted by molar-refractivity contribution is 7.96. The molecular formula is C48H54P2+2. The van der Waals surface area contributed by atoms with Crippen LogP contribution in [0.5, 0.6) is 0 Å². The van der Waals surface area contributed by atoms with E-state index < -0.39 is 14.5 Å². The van der Waals surface area contributed by atoms with Gasteiger partial charge in [0.2, 0.25) is 0 Å². The lowest BCUT2D eigenvalue weighted by atomic mass is 10.1. The molecule has 0 amide bonds. The first kappa shape index (κ1) is 36.0. The van der Waals surface area contributed by atoms with Gasteiger partial charge < -0.3 is 0 Å². The standard InChI is InChI=1S/C48H54P2/c1(3-5-7-27-41-49(43-29-15-9-16-30-43,44-31-17-10-18-32-44)45-33-19-11-20-34-45)2-4-6-8-28-42-50(46-35-21-12-22-36-46,47-37-23-13-24-38-47)48-39-25-14-26-40-48/h9-26,29-40H,1-8,27-28,41-42H2/q+2. The quantitative estimate of drug-likeness (QED) is 0.0586. The monoisotopic (exact) mass is 692 g/mol. The second-order valence-corrected chi connectivity index (χ2v) is 20.8. The van der Waals surface area contributed by atoms with E-state index in [9.17, 15) is 0 Å². The zero-order valence-electron chi connectivity index (χ0n) is 29.7. The zero-order chi connectivity index (χ0) is 34.2. The number of rotatable bonds is 19. The van der Waals surface area contributed by atoms with Gasteiger partial charge >= 0.3 is 0 Å². The van der Waals surface area contributed by atoms with Gasteiger partial charge in [-0.15, -0.1) is 0 Å². The van der Waals surface area contributed by atoms with Crippen molar-refractivity contribution in [1.82, 2.24) is 0 Å². The summed E-state index contributed by atoms with van der Waals surface area (Å²) in [5, 5.41) is 9.04. The number of hydrogen-bond donors (Lipinski definition) is 0. The van der Waals surface area contributed by atoms with Crippen molar-refractivity contribution in [3.8, 4) is 0 Å². The van der Waals surface area contributed by atoms with Crippen molar-refractivity contribution in [2.45, 2.75) is 64.2 Å². The third-order valence-corrected chi connectivity index (χ3v) is 19.5. The second kappa shape index (κ2) is 19.0. The molecule has 50 heavy (non-hydrogen) atoms. The van der Waals surface area contributed by atoms with E-state index in [0.717, 1.165) is 0 Å². The van der Waals surface area contributed by atoms with Crippen LogP contribution in [0.1, 0.15) is 64.2 Å². The minimum Gasteiger partial charge on any atom is -0.0620 e. The Hall–Kier alpha value is -3.82. The van der Waals surface area contributed by atoms with E-state index in [1.807, 2.05) is 0 Å². The van der Waals surface area contributed by atoms with Gasteiger partial charge in [0.1, 0.15) is 46.4 Å². The number of hydrogen-bond acceptors (Lipinski definition) is 0. The largest absolute Gasteiger partial charge is 0.112 e. The van der Waals surface area contributed by atoms with Crippen LogP contribution in [0, 0.1) is 0 Å². The molecule has 0 N–H and O–H groups in total. The number of unbranched alkanes of at least 4 members (excludes halogenated alkanes) is 9. The van der Waals surface area contributed by atoms with Crippen LogP contribution in [-0.2, 0) is 0 Å². The van der Waals surface area contributed by atoms with E-state index >= 15 is 0 Å². The molecule has 0 atom stereocenters. The van der Waals surface area contributed by atoms with Crippen LogP contribution in [0.3, 0.4) is 0 Å². The maximum atomic E-state index is 2.38. The molecule has 6 aromatic rings. The normalized spacial score (nSPS) is 11.8. The summed E-state index contributed by atoms with van der Waals surface area (Å²) in [5.74, 6) is 0. The number of benzene rings is 6. The third-order valence-electron chi connectivity index (χ3n) is 10.4. The Balaban J connectivity index is 0.983. The molecular weight excluding hydrogens is 638 g/mol. The van der Waals surface area contributed by atoms with Crippen LogP contribution in [0.15, 0.2) is 182 Å². The summed E-state index contributed by atoms with van der Waals surface area (Å²) in [7, 11) is -3.40. The van der Waals surface area contributed by atoms with Gasteiger partial charge in [0.25, 0.3) is 0 Å². The summed E-state index contributed by atoms with van der Waals surface area (Å²) in [6.07, 6.45) is 15.8. The van der Waals surface area contributed by atoms with E-state index in [-0.39, 0.29) is 0 Å². The minimum absolute atomic E-state index is 1.24. The first-order valence-corrected chi connectivity index (χ1v) is 22.9. The van der Waals surface area contributed by atoms with Crippen LogP contribution in [0.4, 0.5) is 0 Å². The summed E-state index contributed by atoms with van der Waals surface area (Å²) >= 11 is 0. The molecule has 2 heteroatoms. The third kappa shape index (κ3) is 8.72. The average molecular weight is 693 g/mol. The Bertz CT molecular complexity index is 1440. The van der Waals surface area contributed by atoms with E-state index in [0.29, 0.717) is 0 Å². The van der Waals surface area contributed by atoms with Crippen LogP contribution in [-0.4, -0.2) is 12.3 Å². The predicted octanol–water partition coefficient (Wildman–Crippen LogP) is 10.9. The molecule has 0 heterocycles. The molecule has 0 bridgehead atoms. The fourth-order valence-electron chi connectivity index (χ4n) is 7.88. The summed E-state index contributed by atoms with van der Waals surface area (Å²) in [5.41, 5.74) is 0. The highest BCUT2D eigenvalue weighted by Crippen LogP contribution is 2.57. The molecule has 0 fully saturated rings. The summed E-state index contributed by atoms with van der Waals surface area (Å²) in [6, 6.07) is 68.2. The molecule has 0 spiro atoms. The van der Waals surface area contributed by atoms with E-state index in [4.69, 9.17) is 0 Å². The van der Waals surface area contributed by atoms with Gasteiger partial charge in [-0.3, -0.25) is 0 Å². The molecule has 0 saturated carbocycles. The molecule has 0 radical (unpaired) electrons. The highest BCUT2D eigenvalue weighted by atomic mass is 31.2. The van der Waals surface area contributed by atoms with Crippen molar-refractivity contribution in [3.63, 3.8) is 0 Å². The molecule has 0 aromatic heterocycles. The van der Waals surface area contributed by atoms with Gasteiger partial charge in [-0.25, -0.2) is 0 Å². The molecule has 0 aliphatic carbocycles. The SMILES string of the molecule is c1ccc([P+](CCCCCCCCCCCC[P+](c2ccccc2)(c2ccccc2)c2ccccc2)(c2ccccc2)c2ccccc2)cc1. The summed E-state index contributed by atoms with van der Waals surface area (Å²) < 4.78 is 0. The van der Waals surface area contributed by atoms with E-state index in [2.05, 4.69) is 182 Å². The van der Waals surface area contributed by atoms with Gasteiger partial charge in [-0.1, -0.05) is 148 Å². The Morgan fingerprint density at radius 1 is 0.200 bits per heavy atom. The maximum absolute atomic E-state index is 2.38. The Morgan fingerprint density at radius 2 is 0.360 bits per heavy atom. The van der Waals surface area contributed by atoms with Crippen LogP contribution >= 0.6 is 14.5 Å². The summed E-state index contributed by atoms with van der Waals surface area (Å²) in [4.78, 5) is 0. The van der Waals surface area contributed by atoms with Crippen molar-refractivity contribution in [3.05, 3.63) is 182 Å². The molecule has 6 rings (SSSR count). The Kier molecular flexibility index (Phi) is 13.7. The van der Waals surface area contributed by atoms with Crippen LogP contribution in [0.2, 0.25) is 0 Å². The van der Waals surface area contributed by atoms with Gasteiger partial charge in [-0.05, 0) is 98.5 Å². The molecule has 0 aliphatic rings. The first-order valence-electron chi connectivity index (χ1n) is 18.9. The fraction of sp³-hybridized carbons (Fsp3) is 0.250. The van der Waals surface area contributed by atoms with Crippen LogP contribution < -0.4 is 31.8 Å². The Labute approximate surface area is 303 Å². The maximum Gasteiger partial charge on any atom is 0.112 e. The highest BCUT2D eigenvalue weighted by Gasteiger charge is 2.45. The molecule has 0 unspecified atom stereocenters. The second-order valence-electron chi connectivity index (χ2n) is 13.6.